The van der Waals surface area contributed by atoms with E-state index in [0.717, 1.165) is 36.1 Å². The van der Waals surface area contributed by atoms with Gasteiger partial charge in [-0.1, -0.05) is 22.9 Å². The Morgan fingerprint density at radius 2 is 2.25 bits per heavy atom. The van der Waals surface area contributed by atoms with E-state index >= 15 is 0 Å². The van der Waals surface area contributed by atoms with E-state index in [1.165, 1.54) is 11.3 Å². The first-order valence-corrected chi connectivity index (χ1v) is 6.48. The molecule has 0 aromatic carbocycles. The molecule has 1 fully saturated rings. The highest BCUT2D eigenvalue weighted by atomic mass is 35.5. The molecule has 0 spiro atoms. The largest absolute Gasteiger partial charge is 0.391 e. The van der Waals surface area contributed by atoms with Gasteiger partial charge in [0.15, 0.2) is 5.13 Å². The van der Waals surface area contributed by atoms with Crippen LogP contribution >= 0.6 is 22.9 Å². The van der Waals surface area contributed by atoms with Gasteiger partial charge in [-0.05, 0) is 12.8 Å². The van der Waals surface area contributed by atoms with Crippen LogP contribution in [0, 0.1) is 0 Å². The summed E-state index contributed by atoms with van der Waals surface area (Å²) >= 11 is 7.37. The van der Waals surface area contributed by atoms with Crippen LogP contribution < -0.4 is 4.90 Å². The average Bonchev–Trinajstić information content (AvgIpc) is 2.71. The van der Waals surface area contributed by atoms with Crippen LogP contribution in [0.2, 0.25) is 5.15 Å². The summed E-state index contributed by atoms with van der Waals surface area (Å²) < 4.78 is 5.33. The number of aliphatic hydroxyl groups is 1. The lowest BCUT2D eigenvalue weighted by Crippen LogP contribution is -2.36. The van der Waals surface area contributed by atoms with E-state index in [9.17, 15) is 0 Å². The number of ether oxygens (including phenoxy) is 1. The van der Waals surface area contributed by atoms with Crippen molar-refractivity contribution in [1.82, 2.24) is 4.98 Å². The predicted octanol–water partition coefficient (Wildman–Crippen LogP) is 1.90. The molecule has 0 atom stereocenters. The van der Waals surface area contributed by atoms with Gasteiger partial charge in [0.1, 0.15) is 5.15 Å². The van der Waals surface area contributed by atoms with Gasteiger partial charge < -0.3 is 14.7 Å². The predicted molar refractivity (Wildman–Crippen MR) is 65.3 cm³/mol. The fourth-order valence-corrected chi connectivity index (χ4v) is 2.95. The lowest BCUT2D eigenvalue weighted by molar-refractivity contribution is 0.0855. The molecule has 1 aliphatic rings. The van der Waals surface area contributed by atoms with Crippen molar-refractivity contribution in [2.24, 2.45) is 0 Å². The Morgan fingerprint density at radius 3 is 2.81 bits per heavy atom. The molecular formula is C10H15ClN2O2S. The van der Waals surface area contributed by atoms with Gasteiger partial charge >= 0.3 is 0 Å². The molecule has 1 saturated heterocycles. The van der Waals surface area contributed by atoms with Crippen LogP contribution in [0.1, 0.15) is 17.7 Å². The molecule has 0 unspecified atom stereocenters. The number of halogens is 1. The van der Waals surface area contributed by atoms with Crippen LogP contribution in [-0.2, 0) is 11.3 Å². The maximum atomic E-state index is 9.07. The van der Waals surface area contributed by atoms with E-state index in [4.69, 9.17) is 21.4 Å². The number of thiazole rings is 1. The average molecular weight is 263 g/mol. The molecule has 0 aliphatic carbocycles. The minimum Gasteiger partial charge on any atom is -0.391 e. The Labute approximate surface area is 104 Å². The summed E-state index contributed by atoms with van der Waals surface area (Å²) in [6.07, 6.45) is 2.03. The Kier molecular flexibility index (Phi) is 4.02. The fraction of sp³-hybridized carbons (Fsp3) is 0.700. The third kappa shape index (κ3) is 2.48. The quantitative estimate of drug-likeness (QED) is 0.904. The summed E-state index contributed by atoms with van der Waals surface area (Å²) in [5, 5.41) is 10.4. The molecule has 16 heavy (non-hydrogen) atoms. The lowest BCUT2D eigenvalue weighted by Gasteiger charge is -2.30. The van der Waals surface area contributed by atoms with Crippen molar-refractivity contribution >= 4 is 28.1 Å². The van der Waals surface area contributed by atoms with Gasteiger partial charge in [-0.3, -0.25) is 0 Å². The van der Waals surface area contributed by atoms with Gasteiger partial charge in [-0.25, -0.2) is 4.98 Å². The summed E-state index contributed by atoms with van der Waals surface area (Å²) in [6.45, 7) is 1.57. The minimum absolute atomic E-state index is 0.0435. The topological polar surface area (TPSA) is 45.6 Å². The normalized spacial score (nSPS) is 17.7. The monoisotopic (exact) mass is 262 g/mol. The van der Waals surface area contributed by atoms with Crippen LogP contribution in [-0.4, -0.2) is 36.4 Å². The first-order chi connectivity index (χ1) is 7.72. The second-order valence-corrected chi connectivity index (χ2v) is 5.24. The van der Waals surface area contributed by atoms with Crippen LogP contribution in [0.15, 0.2) is 0 Å². The molecule has 0 amide bonds. The number of nitrogens with zero attached hydrogens (tertiary/aromatic N) is 2. The maximum absolute atomic E-state index is 9.07. The van der Waals surface area contributed by atoms with Crippen molar-refractivity contribution in [3.05, 3.63) is 10.0 Å². The van der Waals surface area contributed by atoms with E-state index in [2.05, 4.69) is 9.88 Å². The van der Waals surface area contributed by atoms with Gasteiger partial charge in [0, 0.05) is 26.3 Å². The van der Waals surface area contributed by atoms with E-state index in [0.29, 0.717) is 11.2 Å². The Bertz CT molecular complexity index is 353. The smallest absolute Gasteiger partial charge is 0.187 e. The van der Waals surface area contributed by atoms with Gasteiger partial charge in [-0.2, -0.15) is 0 Å². The van der Waals surface area contributed by atoms with Crippen LogP contribution in [0.25, 0.3) is 0 Å². The molecule has 2 heterocycles. The highest BCUT2D eigenvalue weighted by Gasteiger charge is 2.21. The van der Waals surface area contributed by atoms with Gasteiger partial charge in [0.05, 0.1) is 11.5 Å². The van der Waals surface area contributed by atoms with E-state index < -0.39 is 0 Å². The number of hydrogen-bond acceptors (Lipinski definition) is 5. The van der Waals surface area contributed by atoms with Crippen LogP contribution in [0.4, 0.5) is 5.13 Å². The SMILES string of the molecule is CN(c1nc(Cl)c(CO)s1)C1CCOCC1. The number of rotatable bonds is 3. The molecule has 1 aromatic rings. The van der Waals surface area contributed by atoms with Crippen molar-refractivity contribution in [2.75, 3.05) is 25.2 Å². The van der Waals surface area contributed by atoms with Crippen molar-refractivity contribution < 1.29 is 9.84 Å². The summed E-state index contributed by atoms with van der Waals surface area (Å²) in [6, 6.07) is 0.461. The summed E-state index contributed by atoms with van der Waals surface area (Å²) in [5.74, 6) is 0. The van der Waals surface area contributed by atoms with Crippen LogP contribution in [0.5, 0.6) is 0 Å². The van der Waals surface area contributed by atoms with Crippen molar-refractivity contribution in [1.29, 1.82) is 0 Å². The first-order valence-electron chi connectivity index (χ1n) is 5.29. The summed E-state index contributed by atoms with van der Waals surface area (Å²) in [5.41, 5.74) is 0. The zero-order chi connectivity index (χ0) is 11.5. The van der Waals surface area contributed by atoms with Crippen LogP contribution in [0.3, 0.4) is 0 Å². The molecule has 6 heteroatoms. The Hall–Kier alpha value is -0.360. The number of aliphatic hydroxyl groups excluding tert-OH is 1. The molecule has 1 aliphatic heterocycles. The molecular weight excluding hydrogens is 248 g/mol. The summed E-state index contributed by atoms with van der Waals surface area (Å²) in [7, 11) is 2.02. The number of anilines is 1. The molecule has 90 valence electrons. The molecule has 0 radical (unpaired) electrons. The molecule has 1 N–H and O–H groups in total. The Morgan fingerprint density at radius 1 is 1.56 bits per heavy atom. The highest BCUT2D eigenvalue weighted by molar-refractivity contribution is 7.16. The van der Waals surface area contributed by atoms with E-state index in [1.807, 2.05) is 7.05 Å². The van der Waals surface area contributed by atoms with Crippen molar-refractivity contribution in [3.8, 4) is 0 Å². The minimum atomic E-state index is -0.0435. The van der Waals surface area contributed by atoms with Gasteiger partial charge in [-0.15, -0.1) is 0 Å². The Balaban J connectivity index is 2.09. The summed E-state index contributed by atoms with van der Waals surface area (Å²) in [4.78, 5) is 7.13. The van der Waals surface area contributed by atoms with E-state index in [-0.39, 0.29) is 6.61 Å². The fourth-order valence-electron chi connectivity index (χ4n) is 1.80. The molecule has 1 aromatic heterocycles. The lowest BCUT2D eigenvalue weighted by atomic mass is 10.1. The molecule has 4 nitrogen and oxygen atoms in total. The van der Waals surface area contributed by atoms with Crippen molar-refractivity contribution in [3.63, 3.8) is 0 Å². The zero-order valence-electron chi connectivity index (χ0n) is 9.15. The second-order valence-electron chi connectivity index (χ2n) is 3.82. The zero-order valence-corrected chi connectivity index (χ0v) is 10.7. The van der Waals surface area contributed by atoms with Crippen molar-refractivity contribution in [2.45, 2.75) is 25.5 Å². The van der Waals surface area contributed by atoms with Gasteiger partial charge in [0.2, 0.25) is 0 Å². The number of aromatic nitrogens is 1. The van der Waals surface area contributed by atoms with Gasteiger partial charge in [0.25, 0.3) is 0 Å². The molecule has 0 saturated carbocycles. The molecule has 2 rings (SSSR count). The number of hydrogen-bond donors (Lipinski definition) is 1. The maximum Gasteiger partial charge on any atom is 0.187 e. The highest BCUT2D eigenvalue weighted by Crippen LogP contribution is 2.31. The second kappa shape index (κ2) is 5.31. The first kappa shape index (κ1) is 12.1. The molecule has 0 bridgehead atoms. The third-order valence-electron chi connectivity index (χ3n) is 2.82. The third-order valence-corrected chi connectivity index (χ3v) is 4.38. The standard InChI is InChI=1S/C10H15ClN2O2S/c1-13(7-2-4-15-5-3-7)10-12-9(11)8(6-14)16-10/h7,14H,2-6H2,1H3. The van der Waals surface area contributed by atoms with E-state index in [1.54, 1.807) is 0 Å².